The zero-order chi connectivity index (χ0) is 19.7. The van der Waals surface area contributed by atoms with Crippen LogP contribution >= 0.6 is 0 Å². The second kappa shape index (κ2) is 7.03. The molecule has 0 N–H and O–H groups in total. The quantitative estimate of drug-likeness (QED) is 0.661. The normalized spacial score (nSPS) is 11.3. The first-order chi connectivity index (χ1) is 12.8. The lowest BCUT2D eigenvalue weighted by Crippen LogP contribution is -2.36. The number of aromatic nitrogens is 3. The van der Waals surface area contributed by atoms with Gasteiger partial charge in [0.05, 0.1) is 11.2 Å². The predicted molar refractivity (Wildman–Crippen MR) is 105 cm³/mol. The van der Waals surface area contributed by atoms with Crippen LogP contribution in [0.25, 0.3) is 17.0 Å². The molecule has 138 valence electrons. The van der Waals surface area contributed by atoms with Gasteiger partial charge in [0.2, 0.25) is 0 Å². The highest BCUT2D eigenvalue weighted by Crippen LogP contribution is 2.17. The first-order valence-electron chi connectivity index (χ1n) is 8.41. The first-order valence-corrected chi connectivity index (χ1v) is 8.41. The summed E-state index contributed by atoms with van der Waals surface area (Å²) in [5, 5.41) is 0.750. The molecule has 0 atom stereocenters. The Hall–Kier alpha value is -3.48. The van der Waals surface area contributed by atoms with Crippen molar-refractivity contribution in [2.24, 2.45) is 0 Å². The van der Waals surface area contributed by atoms with Crippen LogP contribution in [0.3, 0.4) is 0 Å². The lowest BCUT2D eigenvalue weighted by atomic mass is 10.1. The molecule has 0 saturated heterocycles. The summed E-state index contributed by atoms with van der Waals surface area (Å²) < 4.78 is 2.52. The molecule has 27 heavy (non-hydrogen) atoms. The van der Waals surface area contributed by atoms with Gasteiger partial charge in [-0.3, -0.25) is 19.4 Å². The van der Waals surface area contributed by atoms with Crippen molar-refractivity contribution >= 4 is 22.8 Å². The van der Waals surface area contributed by atoms with Crippen molar-refractivity contribution in [3.8, 4) is 0 Å². The maximum Gasteiger partial charge on any atom is 0.270 e. The fourth-order valence-electron chi connectivity index (χ4n) is 2.93. The van der Waals surface area contributed by atoms with Crippen LogP contribution in [0.2, 0.25) is 0 Å². The molecular weight excluding hydrogens is 344 g/mol. The van der Waals surface area contributed by atoms with Crippen LogP contribution in [-0.4, -0.2) is 39.1 Å². The van der Waals surface area contributed by atoms with Gasteiger partial charge < -0.3 is 4.90 Å². The van der Waals surface area contributed by atoms with Gasteiger partial charge in [-0.2, -0.15) is 0 Å². The lowest BCUT2D eigenvalue weighted by Gasteiger charge is -2.18. The number of hydrogen-bond donors (Lipinski definition) is 0. The zero-order valence-electron chi connectivity index (χ0n) is 15.6. The molecule has 0 aliphatic carbocycles. The van der Waals surface area contributed by atoms with Crippen molar-refractivity contribution in [3.63, 3.8) is 0 Å². The van der Waals surface area contributed by atoms with E-state index in [0.29, 0.717) is 16.8 Å². The van der Waals surface area contributed by atoms with Gasteiger partial charge in [-0.1, -0.05) is 0 Å². The Labute approximate surface area is 155 Å². The maximum atomic E-state index is 12.8. The van der Waals surface area contributed by atoms with Crippen molar-refractivity contribution in [3.05, 3.63) is 80.4 Å². The Morgan fingerprint density at radius 2 is 1.70 bits per heavy atom. The van der Waals surface area contributed by atoms with Gasteiger partial charge in [0.1, 0.15) is 0 Å². The Morgan fingerprint density at radius 1 is 1.04 bits per heavy atom. The minimum absolute atomic E-state index is 0.201. The summed E-state index contributed by atoms with van der Waals surface area (Å²) in [6, 6.07) is 7.54. The van der Waals surface area contributed by atoms with E-state index in [1.807, 2.05) is 21.0 Å². The number of hydrogen-bond acceptors (Lipinski definition) is 5. The average molecular weight is 364 g/mol. The van der Waals surface area contributed by atoms with Crippen molar-refractivity contribution < 1.29 is 4.79 Å². The first kappa shape index (κ1) is 18.3. The molecule has 0 aliphatic heterocycles. The largest absolute Gasteiger partial charge is 0.383 e. The third-order valence-corrected chi connectivity index (χ3v) is 4.21. The van der Waals surface area contributed by atoms with E-state index in [-0.39, 0.29) is 11.3 Å². The van der Waals surface area contributed by atoms with Gasteiger partial charge in [-0.05, 0) is 38.1 Å². The molecule has 0 amide bonds. The van der Waals surface area contributed by atoms with Crippen molar-refractivity contribution in [1.29, 1.82) is 0 Å². The number of aryl methyl sites for hydroxylation is 1. The summed E-state index contributed by atoms with van der Waals surface area (Å²) in [6.07, 6.45) is 4.96. The molecule has 0 aliphatic rings. The molecule has 0 radical (unpaired) electrons. The molecule has 0 saturated carbocycles. The van der Waals surface area contributed by atoms with Crippen LogP contribution < -0.4 is 11.1 Å². The highest BCUT2D eigenvalue weighted by molar-refractivity contribution is 5.97. The third kappa shape index (κ3) is 3.31. The molecule has 0 spiro atoms. The van der Waals surface area contributed by atoms with Crippen LogP contribution in [0.1, 0.15) is 28.7 Å². The van der Waals surface area contributed by atoms with Crippen molar-refractivity contribution in [2.75, 3.05) is 14.1 Å². The molecule has 7 nitrogen and oxygen atoms in total. The Balaban J connectivity index is 2.51. The molecule has 0 bridgehead atoms. The van der Waals surface area contributed by atoms with Gasteiger partial charge in [-0.15, -0.1) is 0 Å². The van der Waals surface area contributed by atoms with Gasteiger partial charge >= 0.3 is 0 Å². The standard InChI is InChI=1S/C20H20N4O3/c1-13-15-5-7-19(26)23(17(15)9-11-21-13)24-18(10-12-22(3)4)16(14(2)25)6-8-20(24)27/h5-12H,1-4H3. The molecular formula is C20H20N4O3. The van der Waals surface area contributed by atoms with Crippen LogP contribution in [-0.2, 0) is 0 Å². The average Bonchev–Trinajstić information content (AvgIpc) is 2.60. The van der Waals surface area contributed by atoms with Crippen molar-refractivity contribution in [2.45, 2.75) is 13.8 Å². The summed E-state index contributed by atoms with van der Waals surface area (Å²) in [7, 11) is 3.66. The van der Waals surface area contributed by atoms with Gasteiger partial charge in [0, 0.05) is 55.3 Å². The molecule has 0 aromatic carbocycles. The minimum atomic E-state index is -0.414. The number of carbonyl (C=O) groups excluding carboxylic acids is 1. The third-order valence-electron chi connectivity index (χ3n) is 4.21. The van der Waals surface area contributed by atoms with E-state index in [4.69, 9.17) is 0 Å². The Kier molecular flexibility index (Phi) is 4.77. The van der Waals surface area contributed by atoms with E-state index >= 15 is 0 Å². The molecule has 3 aromatic heterocycles. The number of carbonyl (C=O) groups is 1. The number of pyridine rings is 3. The molecule has 7 heteroatoms. The van der Waals surface area contributed by atoms with E-state index < -0.39 is 5.56 Å². The van der Waals surface area contributed by atoms with E-state index in [1.54, 1.807) is 35.5 Å². The van der Waals surface area contributed by atoms with Crippen LogP contribution in [0.4, 0.5) is 0 Å². The Bertz CT molecular complexity index is 1190. The summed E-state index contributed by atoms with van der Waals surface area (Å²) >= 11 is 0. The Morgan fingerprint density at radius 3 is 2.37 bits per heavy atom. The van der Waals surface area contributed by atoms with E-state index in [0.717, 1.165) is 11.1 Å². The smallest absolute Gasteiger partial charge is 0.270 e. The molecule has 3 aromatic rings. The van der Waals surface area contributed by atoms with Crippen LogP contribution in [0.5, 0.6) is 0 Å². The minimum Gasteiger partial charge on any atom is -0.383 e. The number of rotatable bonds is 4. The monoisotopic (exact) mass is 364 g/mol. The summed E-state index contributed by atoms with van der Waals surface area (Å²) in [5.74, 6) is -0.201. The summed E-state index contributed by atoms with van der Waals surface area (Å²) in [4.78, 5) is 43.7. The topological polar surface area (TPSA) is 77.2 Å². The second-order valence-corrected chi connectivity index (χ2v) is 6.43. The highest BCUT2D eigenvalue weighted by Gasteiger charge is 2.16. The fourth-order valence-corrected chi connectivity index (χ4v) is 2.93. The summed E-state index contributed by atoms with van der Waals surface area (Å²) in [6.45, 7) is 3.26. The maximum absolute atomic E-state index is 12.8. The molecule has 3 heterocycles. The van der Waals surface area contributed by atoms with Crippen LogP contribution in [0.15, 0.2) is 52.3 Å². The van der Waals surface area contributed by atoms with Crippen LogP contribution in [0, 0.1) is 6.92 Å². The van der Waals surface area contributed by atoms with E-state index in [1.165, 1.54) is 34.5 Å². The predicted octanol–water partition coefficient (Wildman–Crippen LogP) is 1.91. The van der Waals surface area contributed by atoms with Gasteiger partial charge in [-0.25, -0.2) is 9.35 Å². The van der Waals surface area contributed by atoms with Gasteiger partial charge in [0.25, 0.3) is 11.1 Å². The second-order valence-electron chi connectivity index (χ2n) is 6.43. The fraction of sp³-hybridized carbons (Fsp3) is 0.200. The molecule has 0 fully saturated rings. The van der Waals surface area contributed by atoms with Gasteiger partial charge in [0.15, 0.2) is 5.78 Å². The SMILES string of the molecule is CC(=O)c1ccc(=O)n(-n2c(=O)ccc3c(C)nccc32)c1C=CN(C)C. The van der Waals surface area contributed by atoms with Crippen molar-refractivity contribution in [1.82, 2.24) is 19.2 Å². The number of nitrogens with zero attached hydrogens (tertiary/aromatic N) is 4. The number of Topliss-reactive ketones (excluding diaryl/α,β-unsaturated/α-hetero) is 1. The number of fused-ring (bicyclic) bond motifs is 1. The number of ketones is 1. The van der Waals surface area contributed by atoms with E-state index in [2.05, 4.69) is 4.98 Å². The van der Waals surface area contributed by atoms with E-state index in [9.17, 15) is 14.4 Å². The highest BCUT2D eigenvalue weighted by atomic mass is 16.2. The zero-order valence-corrected chi connectivity index (χ0v) is 15.6. The lowest BCUT2D eigenvalue weighted by molar-refractivity contribution is 0.101. The molecule has 0 unspecified atom stereocenters. The summed E-state index contributed by atoms with van der Waals surface area (Å²) in [5.41, 5.74) is 1.17. The molecule has 3 rings (SSSR count).